The number of hydrogen-bond acceptors (Lipinski definition) is 9. The van der Waals surface area contributed by atoms with Crippen LogP contribution in [0.5, 0.6) is 0 Å². The molecule has 0 unspecified atom stereocenters. The van der Waals surface area contributed by atoms with Crippen molar-refractivity contribution in [3.63, 3.8) is 0 Å². The topological polar surface area (TPSA) is 83.1 Å². The van der Waals surface area contributed by atoms with Gasteiger partial charge in [0, 0.05) is 13.2 Å². The predicted octanol–water partition coefficient (Wildman–Crippen LogP) is 8.20. The molecular weight excluding hydrogens is 600 g/mol. The van der Waals surface area contributed by atoms with Crippen molar-refractivity contribution < 1.29 is 42.6 Å². The van der Waals surface area contributed by atoms with Crippen molar-refractivity contribution >= 4 is 0 Å². The van der Waals surface area contributed by atoms with Gasteiger partial charge in [-0.1, -0.05) is 117 Å². The normalized spacial score (nSPS) is 11.6. The first-order chi connectivity index (χ1) is 23.4. The lowest BCUT2D eigenvalue weighted by molar-refractivity contribution is -0.0250. The second-order valence-corrected chi connectivity index (χ2v) is 12.2. The monoisotopic (exact) mass is 679 g/mol. The Morgan fingerprint density at radius 2 is 0.319 bits per heavy atom. The SMILES string of the molecule is CCCCCCCCCCCCCCCCOCCOCCOCCOCCOCCOCCOCCOCCOCCCCCC. The molecule has 0 amide bonds. The van der Waals surface area contributed by atoms with Crippen LogP contribution < -0.4 is 0 Å². The molecule has 0 spiro atoms. The molecule has 0 N–H and O–H groups in total. The van der Waals surface area contributed by atoms with Gasteiger partial charge in [0.2, 0.25) is 0 Å². The standard InChI is InChI=1S/C38H78O9/c1-3-5-7-9-10-11-12-13-14-15-16-17-18-20-22-40-24-26-42-28-30-44-32-34-46-36-38-47-37-35-45-33-31-43-29-27-41-25-23-39-21-19-8-6-4-2/h3-38H2,1-2H3. The summed E-state index contributed by atoms with van der Waals surface area (Å²) in [5.74, 6) is 0. The number of ether oxygens (including phenoxy) is 9. The molecule has 0 aromatic rings. The van der Waals surface area contributed by atoms with E-state index in [2.05, 4.69) is 13.8 Å². The van der Waals surface area contributed by atoms with Crippen molar-refractivity contribution in [3.8, 4) is 0 Å². The van der Waals surface area contributed by atoms with Crippen LogP contribution >= 0.6 is 0 Å². The van der Waals surface area contributed by atoms with Gasteiger partial charge in [0.1, 0.15) is 0 Å². The van der Waals surface area contributed by atoms with Gasteiger partial charge in [-0.05, 0) is 12.8 Å². The van der Waals surface area contributed by atoms with E-state index in [-0.39, 0.29) is 0 Å². The molecular formula is C38H78O9. The minimum Gasteiger partial charge on any atom is -0.379 e. The molecule has 0 fully saturated rings. The third-order valence-corrected chi connectivity index (χ3v) is 7.76. The van der Waals surface area contributed by atoms with Crippen LogP contribution in [0.3, 0.4) is 0 Å². The molecule has 0 heterocycles. The van der Waals surface area contributed by atoms with Crippen molar-refractivity contribution in [2.45, 2.75) is 129 Å². The summed E-state index contributed by atoms with van der Waals surface area (Å²) in [6.45, 7) is 15.4. The minimum atomic E-state index is 0.544. The van der Waals surface area contributed by atoms with Crippen LogP contribution in [0.25, 0.3) is 0 Å². The summed E-state index contributed by atoms with van der Waals surface area (Å²) in [6.07, 6.45) is 24.2. The average Bonchev–Trinajstić information content (AvgIpc) is 3.08. The van der Waals surface area contributed by atoms with Gasteiger partial charge in [-0.3, -0.25) is 0 Å². The number of unbranched alkanes of at least 4 members (excludes halogenated alkanes) is 16. The van der Waals surface area contributed by atoms with E-state index >= 15 is 0 Å². The summed E-state index contributed by atoms with van der Waals surface area (Å²) in [5.41, 5.74) is 0. The Labute approximate surface area is 290 Å². The van der Waals surface area contributed by atoms with E-state index < -0.39 is 0 Å². The highest BCUT2D eigenvalue weighted by Crippen LogP contribution is 2.13. The molecule has 284 valence electrons. The van der Waals surface area contributed by atoms with Gasteiger partial charge in [-0.25, -0.2) is 0 Å². The van der Waals surface area contributed by atoms with Crippen LogP contribution in [0.4, 0.5) is 0 Å². The van der Waals surface area contributed by atoms with Crippen molar-refractivity contribution in [1.29, 1.82) is 0 Å². The molecule has 0 saturated carbocycles. The summed E-state index contributed by atoms with van der Waals surface area (Å²) < 4.78 is 49.9. The zero-order valence-corrected chi connectivity index (χ0v) is 31.1. The summed E-state index contributed by atoms with van der Waals surface area (Å²) in [5, 5.41) is 0. The zero-order valence-electron chi connectivity index (χ0n) is 31.1. The van der Waals surface area contributed by atoms with E-state index in [9.17, 15) is 0 Å². The molecule has 0 aliphatic heterocycles. The Morgan fingerprint density at radius 1 is 0.170 bits per heavy atom. The molecule has 0 aliphatic rings. The second kappa shape index (κ2) is 45.6. The van der Waals surface area contributed by atoms with Crippen molar-refractivity contribution in [2.24, 2.45) is 0 Å². The first kappa shape index (κ1) is 46.6. The molecule has 0 radical (unpaired) electrons. The maximum absolute atomic E-state index is 5.68. The molecule has 0 aromatic heterocycles. The summed E-state index contributed by atoms with van der Waals surface area (Å²) in [4.78, 5) is 0. The smallest absolute Gasteiger partial charge is 0.0701 e. The second-order valence-electron chi connectivity index (χ2n) is 12.2. The molecule has 0 bridgehead atoms. The largest absolute Gasteiger partial charge is 0.379 e. The third kappa shape index (κ3) is 45.6. The van der Waals surface area contributed by atoms with E-state index in [1.165, 1.54) is 103 Å². The van der Waals surface area contributed by atoms with Gasteiger partial charge >= 0.3 is 0 Å². The first-order valence-electron chi connectivity index (χ1n) is 19.6. The lowest BCUT2D eigenvalue weighted by atomic mass is 10.0. The highest BCUT2D eigenvalue weighted by molar-refractivity contribution is 4.49. The van der Waals surface area contributed by atoms with Crippen LogP contribution in [-0.2, 0) is 42.6 Å². The summed E-state index contributed by atoms with van der Waals surface area (Å²) >= 11 is 0. The molecule has 0 rings (SSSR count). The molecule has 0 atom stereocenters. The quantitative estimate of drug-likeness (QED) is 0.0593. The Morgan fingerprint density at radius 3 is 0.532 bits per heavy atom. The van der Waals surface area contributed by atoms with E-state index in [1.54, 1.807) is 0 Å². The van der Waals surface area contributed by atoms with Gasteiger partial charge in [0.25, 0.3) is 0 Å². The van der Waals surface area contributed by atoms with Gasteiger partial charge in [-0.15, -0.1) is 0 Å². The third-order valence-electron chi connectivity index (χ3n) is 7.76. The van der Waals surface area contributed by atoms with Gasteiger partial charge < -0.3 is 42.6 Å². The molecule has 9 heteroatoms. The Kier molecular flexibility index (Phi) is 45.3. The summed E-state index contributed by atoms with van der Waals surface area (Å²) in [6, 6.07) is 0. The van der Waals surface area contributed by atoms with Crippen LogP contribution in [0.15, 0.2) is 0 Å². The van der Waals surface area contributed by atoms with Crippen LogP contribution in [0, 0.1) is 0 Å². The van der Waals surface area contributed by atoms with E-state index in [1.807, 2.05) is 0 Å². The zero-order chi connectivity index (χ0) is 33.8. The Bertz CT molecular complexity index is 483. The van der Waals surface area contributed by atoms with Crippen molar-refractivity contribution in [2.75, 3.05) is 119 Å². The van der Waals surface area contributed by atoms with E-state index in [0.29, 0.717) is 106 Å². The number of hydrogen-bond donors (Lipinski definition) is 0. The van der Waals surface area contributed by atoms with E-state index in [0.717, 1.165) is 26.1 Å². The Hall–Kier alpha value is -0.360. The number of rotatable bonds is 44. The fourth-order valence-corrected chi connectivity index (χ4v) is 4.89. The average molecular weight is 679 g/mol. The molecule has 0 aromatic carbocycles. The molecule has 9 nitrogen and oxygen atoms in total. The fourth-order valence-electron chi connectivity index (χ4n) is 4.89. The molecule has 47 heavy (non-hydrogen) atoms. The fraction of sp³-hybridized carbons (Fsp3) is 1.00. The molecule has 0 saturated heterocycles. The highest BCUT2D eigenvalue weighted by atomic mass is 16.6. The first-order valence-corrected chi connectivity index (χ1v) is 19.6. The maximum atomic E-state index is 5.68. The van der Waals surface area contributed by atoms with Crippen LogP contribution in [-0.4, -0.2) is 119 Å². The lowest BCUT2D eigenvalue weighted by Crippen LogP contribution is -2.15. The van der Waals surface area contributed by atoms with E-state index in [4.69, 9.17) is 42.6 Å². The maximum Gasteiger partial charge on any atom is 0.0701 e. The van der Waals surface area contributed by atoms with Crippen LogP contribution in [0.2, 0.25) is 0 Å². The lowest BCUT2D eigenvalue weighted by Gasteiger charge is -2.09. The minimum absolute atomic E-state index is 0.544. The highest BCUT2D eigenvalue weighted by Gasteiger charge is 1.97. The Balaban J connectivity index is 3.03. The van der Waals surface area contributed by atoms with Crippen LogP contribution in [0.1, 0.15) is 129 Å². The van der Waals surface area contributed by atoms with Gasteiger partial charge in [0.05, 0.1) is 106 Å². The van der Waals surface area contributed by atoms with Gasteiger partial charge in [-0.2, -0.15) is 0 Å². The predicted molar refractivity (Wildman–Crippen MR) is 192 cm³/mol. The van der Waals surface area contributed by atoms with Crippen molar-refractivity contribution in [1.82, 2.24) is 0 Å². The van der Waals surface area contributed by atoms with Crippen molar-refractivity contribution in [3.05, 3.63) is 0 Å². The van der Waals surface area contributed by atoms with Gasteiger partial charge in [0.15, 0.2) is 0 Å². The summed E-state index contributed by atoms with van der Waals surface area (Å²) in [7, 11) is 0. The molecule has 0 aliphatic carbocycles.